The van der Waals surface area contributed by atoms with E-state index in [2.05, 4.69) is 20.3 Å². The Labute approximate surface area is 227 Å². The number of hydrogen-bond donors (Lipinski definition) is 1. The van der Waals surface area contributed by atoms with Crippen molar-refractivity contribution in [3.05, 3.63) is 50.5 Å². The van der Waals surface area contributed by atoms with Crippen LogP contribution in [-0.4, -0.2) is 29.2 Å². The number of anilines is 2. The molecule has 0 aliphatic carbocycles. The number of alkyl halides is 1. The first-order valence-electron chi connectivity index (χ1n) is 12.6. The van der Waals surface area contributed by atoms with Crippen molar-refractivity contribution in [2.45, 2.75) is 53.5 Å². The lowest BCUT2D eigenvalue weighted by Crippen LogP contribution is -2.23. The molecular formula is C28H30F2N5OPS. The van der Waals surface area contributed by atoms with Crippen LogP contribution in [0.15, 0.2) is 17.8 Å². The van der Waals surface area contributed by atoms with Gasteiger partial charge in [0.25, 0.3) is 0 Å². The fourth-order valence-corrected chi connectivity index (χ4v) is 6.86. The van der Waals surface area contributed by atoms with E-state index in [1.807, 2.05) is 25.7 Å². The molecule has 1 aromatic carbocycles. The summed E-state index contributed by atoms with van der Waals surface area (Å²) in [5.41, 5.74) is 12.3. The Morgan fingerprint density at radius 1 is 1.34 bits per heavy atom. The third-order valence-electron chi connectivity index (χ3n) is 7.56. The number of nitrogens with two attached hydrogens (primary N) is 1. The third-order valence-corrected chi connectivity index (χ3v) is 9.15. The Morgan fingerprint density at radius 3 is 2.71 bits per heavy atom. The summed E-state index contributed by atoms with van der Waals surface area (Å²) in [6, 6.07) is 2.22. The van der Waals surface area contributed by atoms with E-state index < -0.39 is 12.0 Å². The summed E-state index contributed by atoms with van der Waals surface area (Å²) in [4.78, 5) is 11.7. The number of halogens is 2. The van der Waals surface area contributed by atoms with E-state index in [9.17, 15) is 9.65 Å². The number of fused-ring (bicyclic) bond motifs is 3. The fraction of sp³-hybridized carbons (Fsp3) is 0.393. The van der Waals surface area contributed by atoms with E-state index >= 15 is 4.39 Å². The predicted molar refractivity (Wildman–Crippen MR) is 154 cm³/mol. The van der Waals surface area contributed by atoms with Gasteiger partial charge in [-0.1, -0.05) is 25.5 Å². The molecule has 10 heteroatoms. The second-order valence-electron chi connectivity index (χ2n) is 9.87. The van der Waals surface area contributed by atoms with Crippen molar-refractivity contribution < 1.29 is 13.5 Å². The molecule has 3 aromatic rings. The van der Waals surface area contributed by atoms with Crippen molar-refractivity contribution in [2.75, 3.05) is 23.7 Å². The van der Waals surface area contributed by atoms with Crippen LogP contribution < -0.4 is 15.9 Å². The highest BCUT2D eigenvalue weighted by Gasteiger charge is 2.33. The molecule has 1 fully saturated rings. The number of aromatic nitrogens is 2. The van der Waals surface area contributed by atoms with Gasteiger partial charge in [-0.15, -0.1) is 20.6 Å². The minimum atomic E-state index is -0.927. The maximum atomic E-state index is 15.2. The van der Waals surface area contributed by atoms with Crippen LogP contribution in [0, 0.1) is 17.2 Å². The maximum Gasteiger partial charge on any atom is 0.226 e. The zero-order chi connectivity index (χ0) is 27.3. The van der Waals surface area contributed by atoms with Gasteiger partial charge in [0.1, 0.15) is 23.1 Å². The Bertz CT molecular complexity index is 1550. The van der Waals surface area contributed by atoms with Crippen LogP contribution in [0.3, 0.4) is 0 Å². The molecule has 0 radical (unpaired) electrons. The molecule has 0 saturated carbocycles. The highest BCUT2D eigenvalue weighted by Crippen LogP contribution is 2.46. The van der Waals surface area contributed by atoms with Crippen LogP contribution in [0.1, 0.15) is 66.8 Å². The number of nitrogen functional groups attached to an aromatic ring is 1. The highest BCUT2D eigenvalue weighted by molar-refractivity contribution is 7.28. The molecule has 2 aliphatic rings. The number of thiophene rings is 1. The molecule has 198 valence electrons. The predicted octanol–water partition coefficient (Wildman–Crippen LogP) is 6.03. The van der Waals surface area contributed by atoms with Crippen molar-refractivity contribution in [3.8, 4) is 6.07 Å². The molecule has 3 atom stereocenters. The summed E-state index contributed by atoms with van der Waals surface area (Å²) in [5, 5.41) is 12.0. The minimum Gasteiger partial charge on any atom is -0.389 e. The molecule has 2 N–H and O–H groups in total. The van der Waals surface area contributed by atoms with Crippen molar-refractivity contribution in [1.82, 2.24) is 9.97 Å². The number of benzene rings is 1. The first kappa shape index (κ1) is 26.7. The molecule has 38 heavy (non-hydrogen) atoms. The van der Waals surface area contributed by atoms with Gasteiger partial charge in [-0.3, -0.25) is 0 Å². The number of allylic oxidation sites excluding steroid dienone is 2. The Morgan fingerprint density at radius 2 is 2.08 bits per heavy atom. The summed E-state index contributed by atoms with van der Waals surface area (Å²) >= 11 is 1.08. The minimum absolute atomic E-state index is 0.0936. The van der Waals surface area contributed by atoms with Gasteiger partial charge in [0.2, 0.25) is 5.95 Å². The standard InChI is InChI=1S/C28H30F2N5OPS/c1-5-13(3)21(23-15(7-31)27(32)38-26(23)19(29)6-2)22-18-12-36-11-17(18)16-8-33-28(34-24(16)25(22)37)35-9-14(4)20(30)10-35/h6,8,14,20H,5,9-12,32,37H2,1-4H3/b19-6+,21-13+/t14?,20-/m0/s1. The van der Waals surface area contributed by atoms with Crippen molar-refractivity contribution in [2.24, 2.45) is 5.92 Å². The molecule has 2 aromatic heterocycles. The summed E-state index contributed by atoms with van der Waals surface area (Å²) in [5.74, 6) is -0.0371. The van der Waals surface area contributed by atoms with Gasteiger partial charge in [-0.05, 0) is 42.5 Å². The number of hydrogen-bond acceptors (Lipinski definition) is 7. The van der Waals surface area contributed by atoms with Gasteiger partial charge >= 0.3 is 0 Å². The van der Waals surface area contributed by atoms with Crippen LogP contribution in [0.5, 0.6) is 0 Å². The Hall–Kier alpha value is -2.92. The summed E-state index contributed by atoms with van der Waals surface area (Å²) < 4.78 is 35.5. The largest absolute Gasteiger partial charge is 0.389 e. The van der Waals surface area contributed by atoms with Crippen LogP contribution in [0.25, 0.3) is 22.3 Å². The number of ether oxygens (including phenoxy) is 1. The highest BCUT2D eigenvalue weighted by atomic mass is 32.1. The first-order valence-corrected chi connectivity index (χ1v) is 14.0. The molecule has 2 unspecified atom stereocenters. The van der Waals surface area contributed by atoms with Crippen molar-refractivity contribution in [1.29, 1.82) is 5.26 Å². The topological polar surface area (TPSA) is 88.1 Å². The normalized spacial score (nSPS) is 20.2. The van der Waals surface area contributed by atoms with E-state index in [1.165, 1.54) is 6.08 Å². The van der Waals surface area contributed by atoms with Crippen molar-refractivity contribution in [3.63, 3.8) is 0 Å². The second kappa shape index (κ2) is 10.3. The quantitative estimate of drug-likeness (QED) is 0.388. The molecule has 0 spiro atoms. The molecule has 1 saturated heterocycles. The molecule has 6 nitrogen and oxygen atoms in total. The van der Waals surface area contributed by atoms with E-state index in [-0.39, 0.29) is 23.0 Å². The van der Waals surface area contributed by atoms with E-state index in [0.717, 1.165) is 49.9 Å². The second-order valence-corrected chi connectivity index (χ2v) is 11.5. The lowest BCUT2D eigenvalue weighted by Gasteiger charge is -2.22. The molecule has 4 heterocycles. The van der Waals surface area contributed by atoms with Crippen LogP contribution in [0.4, 0.5) is 19.7 Å². The third kappa shape index (κ3) is 4.20. The summed E-state index contributed by atoms with van der Waals surface area (Å²) in [7, 11) is 2.81. The van der Waals surface area contributed by atoms with Gasteiger partial charge in [-0.25, -0.2) is 18.7 Å². The first-order chi connectivity index (χ1) is 18.2. The lowest BCUT2D eigenvalue weighted by atomic mass is 9.85. The number of rotatable bonds is 5. The summed E-state index contributed by atoms with van der Waals surface area (Å²) in [6.07, 6.45) is 2.94. The molecular weight excluding hydrogens is 523 g/mol. The Balaban J connectivity index is 1.83. The van der Waals surface area contributed by atoms with Crippen molar-refractivity contribution >= 4 is 59.1 Å². The van der Waals surface area contributed by atoms with Crippen LogP contribution >= 0.6 is 20.6 Å². The van der Waals surface area contributed by atoms with E-state index in [0.29, 0.717) is 48.1 Å². The molecule has 5 rings (SSSR count). The SMILES string of the molecule is C/C=C(/F)c1sc(N)c(C#N)c1/C(=C(\C)CC)c1c2c(c3cnc(N4CC(C)[C@@H](F)C4)nc3c1P)COC2. The number of nitrogens with zero attached hydrogens (tertiary/aromatic N) is 4. The van der Waals surface area contributed by atoms with Gasteiger partial charge in [0.15, 0.2) is 0 Å². The average molecular weight is 554 g/mol. The molecule has 0 amide bonds. The van der Waals surface area contributed by atoms with Gasteiger partial charge in [-0.2, -0.15) is 5.26 Å². The van der Waals surface area contributed by atoms with Crippen LogP contribution in [0.2, 0.25) is 0 Å². The fourth-order valence-electron chi connectivity index (χ4n) is 5.33. The lowest BCUT2D eigenvalue weighted by molar-refractivity contribution is 0.135. The zero-order valence-corrected chi connectivity index (χ0v) is 23.8. The molecule has 0 bridgehead atoms. The smallest absolute Gasteiger partial charge is 0.226 e. The molecule has 2 aliphatic heterocycles. The monoisotopic (exact) mass is 553 g/mol. The van der Waals surface area contributed by atoms with E-state index in [1.54, 1.807) is 13.1 Å². The Kier molecular flexibility index (Phi) is 7.25. The van der Waals surface area contributed by atoms with Gasteiger partial charge in [0.05, 0.1) is 35.7 Å². The number of nitriles is 1. The maximum absolute atomic E-state index is 15.2. The van der Waals surface area contributed by atoms with E-state index in [4.69, 9.17) is 15.5 Å². The van der Waals surface area contributed by atoms with Gasteiger partial charge < -0.3 is 15.4 Å². The zero-order valence-electron chi connectivity index (χ0n) is 21.9. The average Bonchev–Trinajstić information content (AvgIpc) is 3.62. The summed E-state index contributed by atoms with van der Waals surface area (Å²) in [6.45, 7) is 9.12. The van der Waals surface area contributed by atoms with Crippen LogP contribution in [-0.2, 0) is 18.0 Å². The van der Waals surface area contributed by atoms with Gasteiger partial charge in [0, 0.05) is 34.9 Å².